The van der Waals surface area contributed by atoms with Gasteiger partial charge in [0, 0.05) is 36.3 Å². The Balaban J connectivity index is 2.29. The lowest BCUT2D eigenvalue weighted by atomic mass is 9.89. The molecular formula is C18H18N2O3. The second-order valence-corrected chi connectivity index (χ2v) is 5.87. The van der Waals surface area contributed by atoms with Gasteiger partial charge in [0.2, 0.25) is 6.41 Å². The van der Waals surface area contributed by atoms with Gasteiger partial charge in [-0.05, 0) is 19.4 Å². The highest BCUT2D eigenvalue weighted by Crippen LogP contribution is 2.34. The number of aromatic nitrogens is 1. The summed E-state index contributed by atoms with van der Waals surface area (Å²) in [4.78, 5) is 29.1. The van der Waals surface area contributed by atoms with Gasteiger partial charge in [-0.15, -0.1) is 0 Å². The summed E-state index contributed by atoms with van der Waals surface area (Å²) in [6.07, 6.45) is 1.45. The maximum absolute atomic E-state index is 11.8. The minimum Gasteiger partial charge on any atom is -0.478 e. The average molecular weight is 310 g/mol. The molecule has 0 saturated heterocycles. The van der Waals surface area contributed by atoms with E-state index in [-0.39, 0.29) is 5.56 Å². The molecule has 0 unspecified atom stereocenters. The Morgan fingerprint density at radius 2 is 1.96 bits per heavy atom. The predicted octanol–water partition coefficient (Wildman–Crippen LogP) is 2.58. The van der Waals surface area contributed by atoms with Gasteiger partial charge in [-0.25, -0.2) is 4.79 Å². The number of rotatable bonds is 3. The van der Waals surface area contributed by atoms with Gasteiger partial charge in [-0.3, -0.25) is 9.78 Å². The summed E-state index contributed by atoms with van der Waals surface area (Å²) in [5, 5.41) is 9.66. The van der Waals surface area contributed by atoms with Crippen LogP contribution in [-0.4, -0.2) is 33.9 Å². The van der Waals surface area contributed by atoms with Crippen molar-refractivity contribution in [3.05, 3.63) is 52.3 Å². The van der Waals surface area contributed by atoms with Gasteiger partial charge in [0.15, 0.2) is 0 Å². The maximum atomic E-state index is 11.8. The van der Waals surface area contributed by atoms with Gasteiger partial charge in [-0.2, -0.15) is 0 Å². The normalized spacial score (nSPS) is 13.6. The fourth-order valence-electron chi connectivity index (χ4n) is 3.10. The van der Waals surface area contributed by atoms with Crippen LogP contribution in [0, 0.1) is 13.8 Å². The average Bonchev–Trinajstić information content (AvgIpc) is 2.53. The highest BCUT2D eigenvalue weighted by atomic mass is 16.4. The lowest BCUT2D eigenvalue weighted by molar-refractivity contribution is -0.118. The molecule has 2 aromatic rings. The Morgan fingerprint density at radius 1 is 1.26 bits per heavy atom. The van der Waals surface area contributed by atoms with Gasteiger partial charge in [0.1, 0.15) is 0 Å². The van der Waals surface area contributed by atoms with Crippen molar-refractivity contribution in [2.24, 2.45) is 0 Å². The van der Waals surface area contributed by atoms with Crippen molar-refractivity contribution in [3.63, 3.8) is 0 Å². The third kappa shape index (κ3) is 2.70. The molecule has 1 amide bonds. The molecule has 0 aliphatic carbocycles. The molecule has 0 fully saturated rings. The standard InChI is InChI=1S/C18H18N2O3/c1-11-3-5-13(6-4-11)17-14-9-20(10-21)8-7-15(14)19-12(2)16(17)18(22)23/h3-6,10H,7-9H2,1-2H3,(H,22,23). The van der Waals surface area contributed by atoms with E-state index in [1.165, 1.54) is 0 Å². The van der Waals surface area contributed by atoms with E-state index in [0.29, 0.717) is 30.8 Å². The summed E-state index contributed by atoms with van der Waals surface area (Å²) in [7, 11) is 0. The fourth-order valence-corrected chi connectivity index (χ4v) is 3.10. The Labute approximate surface area is 134 Å². The second-order valence-electron chi connectivity index (χ2n) is 5.87. The van der Waals surface area contributed by atoms with E-state index >= 15 is 0 Å². The first kappa shape index (κ1) is 15.2. The molecule has 3 rings (SSSR count). The van der Waals surface area contributed by atoms with Crippen LogP contribution < -0.4 is 0 Å². The van der Waals surface area contributed by atoms with Crippen molar-refractivity contribution in [1.29, 1.82) is 0 Å². The van der Waals surface area contributed by atoms with Crippen LogP contribution in [0.25, 0.3) is 11.1 Å². The highest BCUT2D eigenvalue weighted by molar-refractivity contribution is 5.98. The number of carbonyl (C=O) groups excluding carboxylic acids is 1. The Kier molecular flexibility index (Phi) is 3.86. The molecule has 1 aliphatic rings. The molecule has 1 aliphatic heterocycles. The molecule has 0 spiro atoms. The lowest BCUT2D eigenvalue weighted by Gasteiger charge is -2.28. The monoisotopic (exact) mass is 310 g/mol. The van der Waals surface area contributed by atoms with Crippen molar-refractivity contribution < 1.29 is 14.7 Å². The highest BCUT2D eigenvalue weighted by Gasteiger charge is 2.26. The van der Waals surface area contributed by atoms with E-state index in [1.807, 2.05) is 31.2 Å². The van der Waals surface area contributed by atoms with Crippen molar-refractivity contribution in [2.75, 3.05) is 6.54 Å². The Hall–Kier alpha value is -2.69. The van der Waals surface area contributed by atoms with Gasteiger partial charge in [-0.1, -0.05) is 29.8 Å². The molecule has 1 N–H and O–H groups in total. The summed E-state index contributed by atoms with van der Waals surface area (Å²) in [6.45, 7) is 4.73. The number of aromatic carboxylic acids is 1. The Morgan fingerprint density at radius 3 is 2.57 bits per heavy atom. The molecule has 5 nitrogen and oxygen atoms in total. The lowest BCUT2D eigenvalue weighted by Crippen LogP contribution is -2.31. The molecule has 1 aromatic heterocycles. The van der Waals surface area contributed by atoms with Gasteiger partial charge in [0.05, 0.1) is 11.3 Å². The van der Waals surface area contributed by atoms with E-state index in [2.05, 4.69) is 4.98 Å². The number of hydrogen-bond donors (Lipinski definition) is 1. The number of carboxylic acid groups (broad SMARTS) is 1. The van der Waals surface area contributed by atoms with E-state index < -0.39 is 5.97 Å². The molecule has 0 saturated carbocycles. The third-order valence-corrected chi connectivity index (χ3v) is 4.26. The minimum atomic E-state index is -0.989. The van der Waals surface area contributed by atoms with E-state index in [9.17, 15) is 14.7 Å². The number of benzene rings is 1. The van der Waals surface area contributed by atoms with Crippen LogP contribution in [0.3, 0.4) is 0 Å². The zero-order valence-electron chi connectivity index (χ0n) is 13.2. The van der Waals surface area contributed by atoms with Crippen LogP contribution in [0.4, 0.5) is 0 Å². The maximum Gasteiger partial charge on any atom is 0.338 e. The summed E-state index contributed by atoms with van der Waals surface area (Å²) in [5.41, 5.74) is 5.12. The minimum absolute atomic E-state index is 0.223. The quantitative estimate of drug-likeness (QED) is 0.885. The number of fused-ring (bicyclic) bond motifs is 1. The van der Waals surface area contributed by atoms with Crippen molar-refractivity contribution >= 4 is 12.4 Å². The van der Waals surface area contributed by atoms with Crippen molar-refractivity contribution in [1.82, 2.24) is 9.88 Å². The van der Waals surface area contributed by atoms with Gasteiger partial charge >= 0.3 is 5.97 Å². The summed E-state index contributed by atoms with van der Waals surface area (Å²) >= 11 is 0. The van der Waals surface area contributed by atoms with Crippen molar-refractivity contribution in [2.45, 2.75) is 26.8 Å². The smallest absolute Gasteiger partial charge is 0.338 e. The first-order chi connectivity index (χ1) is 11.0. The second kappa shape index (κ2) is 5.83. The van der Waals surface area contributed by atoms with Crippen molar-refractivity contribution in [3.8, 4) is 11.1 Å². The number of amides is 1. The van der Waals surface area contributed by atoms with E-state index in [4.69, 9.17) is 0 Å². The predicted molar refractivity (Wildman–Crippen MR) is 86.3 cm³/mol. The van der Waals surface area contributed by atoms with Crippen LogP contribution >= 0.6 is 0 Å². The number of hydrogen-bond acceptors (Lipinski definition) is 3. The number of pyridine rings is 1. The Bertz CT molecular complexity index is 782. The largest absolute Gasteiger partial charge is 0.478 e. The van der Waals surface area contributed by atoms with Crippen LogP contribution in [0.2, 0.25) is 0 Å². The molecule has 1 aromatic carbocycles. The number of nitrogens with zero attached hydrogens (tertiary/aromatic N) is 2. The number of aryl methyl sites for hydroxylation is 2. The molecule has 0 atom stereocenters. The summed E-state index contributed by atoms with van der Waals surface area (Å²) < 4.78 is 0. The molecule has 0 radical (unpaired) electrons. The summed E-state index contributed by atoms with van der Waals surface area (Å²) in [6, 6.07) is 7.78. The number of carboxylic acids is 1. The van der Waals surface area contributed by atoms with Gasteiger partial charge in [0.25, 0.3) is 0 Å². The van der Waals surface area contributed by atoms with Crippen LogP contribution in [0.15, 0.2) is 24.3 Å². The SMILES string of the molecule is Cc1ccc(-c2c3c(nc(C)c2C(=O)O)CCN(C=O)C3)cc1. The molecule has 5 heteroatoms. The molecule has 118 valence electrons. The van der Waals surface area contributed by atoms with Gasteiger partial charge < -0.3 is 10.0 Å². The van der Waals surface area contributed by atoms with Crippen LogP contribution in [0.1, 0.15) is 32.9 Å². The molecular weight excluding hydrogens is 292 g/mol. The number of carbonyl (C=O) groups is 2. The first-order valence-electron chi connectivity index (χ1n) is 7.53. The molecule has 0 bridgehead atoms. The van der Waals surface area contributed by atoms with Crippen LogP contribution in [-0.2, 0) is 17.8 Å². The fraction of sp³-hybridized carbons (Fsp3) is 0.278. The molecule has 23 heavy (non-hydrogen) atoms. The zero-order valence-corrected chi connectivity index (χ0v) is 13.2. The zero-order chi connectivity index (χ0) is 16.6. The third-order valence-electron chi connectivity index (χ3n) is 4.26. The van der Waals surface area contributed by atoms with E-state index in [1.54, 1.807) is 11.8 Å². The first-order valence-corrected chi connectivity index (χ1v) is 7.53. The van der Waals surface area contributed by atoms with E-state index in [0.717, 1.165) is 28.8 Å². The van der Waals surface area contributed by atoms with Crippen LogP contribution in [0.5, 0.6) is 0 Å². The topological polar surface area (TPSA) is 70.5 Å². The summed E-state index contributed by atoms with van der Waals surface area (Å²) in [5.74, 6) is -0.989. The molecule has 2 heterocycles.